The Balaban J connectivity index is 2.14. The minimum atomic E-state index is -0.808. The highest BCUT2D eigenvalue weighted by molar-refractivity contribution is 6.29. The van der Waals surface area contributed by atoms with Crippen molar-refractivity contribution in [3.05, 3.63) is 28.5 Å². The molecule has 0 bridgehead atoms. The van der Waals surface area contributed by atoms with E-state index >= 15 is 0 Å². The fraction of sp³-hybridized carbons (Fsp3) is 0.333. The predicted molar refractivity (Wildman–Crippen MR) is 67.6 cm³/mol. The normalized spacial score (nSPS) is 18.9. The Hall–Kier alpha value is -1.95. The topological polar surface area (TPSA) is 79.4 Å². The average Bonchev–Trinajstić information content (AvgIpc) is 2.56. The summed E-state index contributed by atoms with van der Waals surface area (Å²) in [7, 11) is 1.39. The van der Waals surface area contributed by atoms with E-state index in [1.54, 1.807) is 13.0 Å². The Kier molecular flexibility index (Phi) is 3.53. The van der Waals surface area contributed by atoms with Gasteiger partial charge in [-0.05, 0) is 19.1 Å². The number of halogens is 1. The predicted octanol–water partition coefficient (Wildman–Crippen LogP) is 0.531. The number of hydrogen-bond acceptors (Lipinski definition) is 4. The Bertz CT molecular complexity index is 553. The molecule has 3 amide bonds. The highest BCUT2D eigenvalue weighted by atomic mass is 35.5. The van der Waals surface area contributed by atoms with Gasteiger partial charge in [-0.2, -0.15) is 0 Å². The molecule has 1 N–H and O–H groups in total. The second-order valence-electron chi connectivity index (χ2n) is 4.34. The summed E-state index contributed by atoms with van der Waals surface area (Å²) in [5.41, 5.74) is 0.913. The molecule has 0 spiro atoms. The molecule has 0 aromatic carbocycles. The molecular formula is C12H12ClN3O3. The second-order valence-corrected chi connectivity index (χ2v) is 4.73. The van der Waals surface area contributed by atoms with Crippen LogP contribution < -0.4 is 5.32 Å². The molecule has 1 aromatic heterocycles. The number of aromatic nitrogens is 1. The van der Waals surface area contributed by atoms with Crippen LogP contribution in [0.25, 0.3) is 0 Å². The van der Waals surface area contributed by atoms with Crippen LogP contribution in [0.4, 0.5) is 0 Å². The molecule has 1 aliphatic heterocycles. The first-order valence-electron chi connectivity index (χ1n) is 5.64. The lowest BCUT2D eigenvalue weighted by Crippen LogP contribution is -2.40. The molecule has 2 heterocycles. The molecule has 19 heavy (non-hydrogen) atoms. The molecule has 2 rings (SSSR count). The first kappa shape index (κ1) is 13.5. The molecule has 0 saturated carbocycles. The summed E-state index contributed by atoms with van der Waals surface area (Å²) >= 11 is 5.77. The number of carbonyl (C=O) groups is 3. The molecule has 1 atom stereocenters. The van der Waals surface area contributed by atoms with E-state index in [-0.39, 0.29) is 17.5 Å². The standard InChI is InChI=1S/C12H12ClN3O3/c1-6-3-7(4-9(13)14-6)11(18)15-8-5-10(17)16(2)12(8)19/h3-4,8H,5H2,1-2H3,(H,15,18). The molecule has 6 nitrogen and oxygen atoms in total. The van der Waals surface area contributed by atoms with E-state index in [4.69, 9.17) is 11.6 Å². The van der Waals surface area contributed by atoms with Gasteiger partial charge in [0.25, 0.3) is 11.8 Å². The van der Waals surface area contributed by atoms with Crippen molar-refractivity contribution in [2.24, 2.45) is 0 Å². The Morgan fingerprint density at radius 2 is 2.16 bits per heavy atom. The summed E-state index contributed by atoms with van der Waals surface area (Å²) in [5.74, 6) is -1.16. The summed E-state index contributed by atoms with van der Waals surface area (Å²) in [6.07, 6.45) is -0.0150. The van der Waals surface area contributed by atoms with Gasteiger partial charge >= 0.3 is 0 Å². The minimum Gasteiger partial charge on any atom is -0.340 e. The van der Waals surface area contributed by atoms with E-state index in [0.717, 1.165) is 4.90 Å². The van der Waals surface area contributed by atoms with Crippen molar-refractivity contribution >= 4 is 29.3 Å². The Labute approximate surface area is 114 Å². The van der Waals surface area contributed by atoms with Crippen molar-refractivity contribution in [3.63, 3.8) is 0 Å². The minimum absolute atomic E-state index is 0.0150. The lowest BCUT2D eigenvalue weighted by molar-refractivity contribution is -0.137. The summed E-state index contributed by atoms with van der Waals surface area (Å²) in [4.78, 5) is 39.9. The van der Waals surface area contributed by atoms with E-state index in [1.807, 2.05) is 0 Å². The highest BCUT2D eigenvalue weighted by Gasteiger charge is 2.37. The molecule has 1 saturated heterocycles. The lowest BCUT2D eigenvalue weighted by Gasteiger charge is -2.11. The third kappa shape index (κ3) is 2.73. The second kappa shape index (κ2) is 4.97. The number of aryl methyl sites for hydroxylation is 1. The Morgan fingerprint density at radius 3 is 2.68 bits per heavy atom. The van der Waals surface area contributed by atoms with Gasteiger partial charge in [0.15, 0.2) is 0 Å². The zero-order chi connectivity index (χ0) is 14.2. The van der Waals surface area contributed by atoms with Crippen LogP contribution in [0.5, 0.6) is 0 Å². The van der Waals surface area contributed by atoms with E-state index < -0.39 is 17.9 Å². The van der Waals surface area contributed by atoms with E-state index in [9.17, 15) is 14.4 Å². The Morgan fingerprint density at radius 1 is 1.47 bits per heavy atom. The molecule has 1 aliphatic rings. The van der Waals surface area contributed by atoms with Crippen molar-refractivity contribution in [3.8, 4) is 0 Å². The van der Waals surface area contributed by atoms with Crippen LogP contribution in [-0.4, -0.2) is 40.7 Å². The maximum absolute atomic E-state index is 12.0. The average molecular weight is 282 g/mol. The van der Waals surface area contributed by atoms with Gasteiger partial charge in [-0.3, -0.25) is 19.3 Å². The van der Waals surface area contributed by atoms with E-state index in [2.05, 4.69) is 10.3 Å². The van der Waals surface area contributed by atoms with Gasteiger partial charge in [0.2, 0.25) is 5.91 Å². The number of likely N-dealkylation sites (N-methyl/N-ethyl adjacent to an activating group) is 1. The van der Waals surface area contributed by atoms with Crippen LogP contribution in [0, 0.1) is 6.92 Å². The summed E-state index contributed by atoms with van der Waals surface area (Å²) in [6.45, 7) is 1.71. The molecule has 1 unspecified atom stereocenters. The SMILES string of the molecule is Cc1cc(C(=O)NC2CC(=O)N(C)C2=O)cc(Cl)n1. The maximum Gasteiger partial charge on any atom is 0.252 e. The van der Waals surface area contributed by atoms with E-state index in [0.29, 0.717) is 11.3 Å². The van der Waals surface area contributed by atoms with Crippen molar-refractivity contribution < 1.29 is 14.4 Å². The zero-order valence-electron chi connectivity index (χ0n) is 10.4. The smallest absolute Gasteiger partial charge is 0.252 e. The number of rotatable bonds is 2. The van der Waals surface area contributed by atoms with Crippen LogP contribution in [0.3, 0.4) is 0 Å². The molecule has 1 aromatic rings. The van der Waals surface area contributed by atoms with Crippen molar-refractivity contribution in [1.29, 1.82) is 0 Å². The first-order valence-corrected chi connectivity index (χ1v) is 6.01. The van der Waals surface area contributed by atoms with Gasteiger partial charge in [0.1, 0.15) is 11.2 Å². The number of hydrogen-bond donors (Lipinski definition) is 1. The monoisotopic (exact) mass is 281 g/mol. The maximum atomic E-state index is 12.0. The highest BCUT2D eigenvalue weighted by Crippen LogP contribution is 2.14. The molecule has 0 radical (unpaired) electrons. The number of amides is 3. The molecule has 1 fully saturated rings. The van der Waals surface area contributed by atoms with Crippen LogP contribution in [0.2, 0.25) is 5.15 Å². The van der Waals surface area contributed by atoms with Gasteiger partial charge < -0.3 is 5.32 Å². The van der Waals surface area contributed by atoms with Crippen LogP contribution in [0.1, 0.15) is 22.5 Å². The third-order valence-electron chi connectivity index (χ3n) is 2.87. The fourth-order valence-corrected chi connectivity index (χ4v) is 2.12. The van der Waals surface area contributed by atoms with Crippen molar-refractivity contribution in [2.45, 2.75) is 19.4 Å². The number of nitrogens with one attached hydrogen (secondary N) is 1. The van der Waals surface area contributed by atoms with Crippen LogP contribution in [-0.2, 0) is 9.59 Å². The summed E-state index contributed by atoms with van der Waals surface area (Å²) in [6, 6.07) is 2.17. The van der Waals surface area contributed by atoms with E-state index in [1.165, 1.54) is 13.1 Å². The number of carbonyl (C=O) groups excluding carboxylic acids is 3. The van der Waals surface area contributed by atoms with Crippen LogP contribution in [0.15, 0.2) is 12.1 Å². The quantitative estimate of drug-likeness (QED) is 0.633. The van der Waals surface area contributed by atoms with Gasteiger partial charge in [-0.15, -0.1) is 0 Å². The molecular weight excluding hydrogens is 270 g/mol. The van der Waals surface area contributed by atoms with Crippen molar-refractivity contribution in [1.82, 2.24) is 15.2 Å². The fourth-order valence-electron chi connectivity index (χ4n) is 1.87. The zero-order valence-corrected chi connectivity index (χ0v) is 11.2. The molecule has 0 aliphatic carbocycles. The summed E-state index contributed by atoms with van der Waals surface area (Å²) < 4.78 is 0. The van der Waals surface area contributed by atoms with Gasteiger partial charge in [-0.25, -0.2) is 4.98 Å². The number of imide groups is 1. The lowest BCUT2D eigenvalue weighted by atomic mass is 10.2. The van der Waals surface area contributed by atoms with Gasteiger partial charge in [0, 0.05) is 18.3 Å². The van der Waals surface area contributed by atoms with Gasteiger partial charge in [0.05, 0.1) is 6.42 Å². The molecule has 7 heteroatoms. The summed E-state index contributed by atoms with van der Waals surface area (Å²) in [5, 5.41) is 2.73. The number of pyridine rings is 1. The largest absolute Gasteiger partial charge is 0.340 e. The number of nitrogens with zero attached hydrogens (tertiary/aromatic N) is 2. The van der Waals surface area contributed by atoms with Crippen LogP contribution >= 0.6 is 11.6 Å². The third-order valence-corrected chi connectivity index (χ3v) is 3.06. The molecule has 100 valence electrons. The first-order chi connectivity index (χ1) is 8.88. The number of likely N-dealkylation sites (tertiary alicyclic amines) is 1. The van der Waals surface area contributed by atoms with Crippen molar-refractivity contribution in [2.75, 3.05) is 7.05 Å². The van der Waals surface area contributed by atoms with Gasteiger partial charge in [-0.1, -0.05) is 11.6 Å².